The molecule has 0 amide bonds. The van der Waals surface area contributed by atoms with Crippen LogP contribution in [0.2, 0.25) is 0 Å². The lowest BCUT2D eigenvalue weighted by atomic mass is 9.99. The van der Waals surface area contributed by atoms with Gasteiger partial charge in [-0.1, -0.05) is 91.9 Å². The van der Waals surface area contributed by atoms with Gasteiger partial charge in [-0.15, -0.1) is 0 Å². The minimum Gasteiger partial charge on any atom is -0.270 e. The van der Waals surface area contributed by atoms with Gasteiger partial charge in [0.15, 0.2) is 0 Å². The first-order valence-corrected chi connectivity index (χ1v) is 15.5. The lowest BCUT2D eigenvalue weighted by Crippen LogP contribution is -2.20. The van der Waals surface area contributed by atoms with Crippen LogP contribution >= 0.6 is 0 Å². The van der Waals surface area contributed by atoms with Crippen LogP contribution < -0.4 is 0 Å². The van der Waals surface area contributed by atoms with E-state index in [1.807, 2.05) is 13.8 Å². The van der Waals surface area contributed by atoms with E-state index in [4.69, 9.17) is 8.37 Å². The van der Waals surface area contributed by atoms with Crippen LogP contribution in [0.15, 0.2) is 0 Å². The monoisotopic (exact) mass is 484 g/mol. The Hall–Kier alpha value is -0.180. The molecule has 0 saturated carbocycles. The van der Waals surface area contributed by atoms with Crippen molar-refractivity contribution in [1.82, 2.24) is 0 Å². The van der Waals surface area contributed by atoms with Gasteiger partial charge in [-0.25, -0.2) is 0 Å². The summed E-state index contributed by atoms with van der Waals surface area (Å²) in [5, 5.41) is 0. The largest absolute Gasteiger partial charge is 0.270 e. The van der Waals surface area contributed by atoms with Gasteiger partial charge in [-0.3, -0.25) is 8.37 Å². The molecule has 0 aliphatic rings. The van der Waals surface area contributed by atoms with Gasteiger partial charge in [0.2, 0.25) is 0 Å². The Bertz CT molecular complexity index is 562. The normalized spacial score (nSPS) is 14.6. The second-order valence-corrected chi connectivity index (χ2v) is 12.6. The minimum absolute atomic E-state index is 0.0131. The highest BCUT2D eigenvalue weighted by Crippen LogP contribution is 2.16. The van der Waals surface area contributed by atoms with Crippen LogP contribution in [0.25, 0.3) is 0 Å². The van der Waals surface area contributed by atoms with Gasteiger partial charge in [0, 0.05) is 0 Å². The molecule has 0 aliphatic heterocycles. The highest BCUT2D eigenvalue weighted by Gasteiger charge is 2.18. The Labute approximate surface area is 193 Å². The molecule has 0 saturated heterocycles. The van der Waals surface area contributed by atoms with Gasteiger partial charge in [0.05, 0.1) is 24.7 Å². The topological polar surface area (TPSA) is 86.7 Å². The van der Waals surface area contributed by atoms with Crippen LogP contribution in [0.3, 0.4) is 0 Å². The molecular weight excluding hydrogens is 436 g/mol. The van der Waals surface area contributed by atoms with Crippen LogP contribution in [-0.4, -0.2) is 41.6 Å². The molecular formula is C23H48O6S2. The van der Waals surface area contributed by atoms with Crippen molar-refractivity contribution < 1.29 is 25.2 Å². The summed E-state index contributed by atoms with van der Waals surface area (Å²) >= 11 is 0. The zero-order valence-electron chi connectivity index (χ0n) is 20.4. The summed E-state index contributed by atoms with van der Waals surface area (Å²) in [5.74, 6) is 0.168. The molecule has 0 rings (SSSR count). The van der Waals surface area contributed by atoms with E-state index in [0.717, 1.165) is 38.5 Å². The van der Waals surface area contributed by atoms with Crippen LogP contribution in [0, 0.1) is 11.8 Å². The van der Waals surface area contributed by atoms with Crippen molar-refractivity contribution >= 4 is 20.2 Å². The van der Waals surface area contributed by atoms with Crippen molar-refractivity contribution in [1.29, 1.82) is 0 Å². The van der Waals surface area contributed by atoms with Crippen molar-refractivity contribution in [3.63, 3.8) is 0 Å². The fourth-order valence-electron chi connectivity index (χ4n) is 3.50. The van der Waals surface area contributed by atoms with Crippen molar-refractivity contribution in [3.8, 4) is 0 Å². The predicted octanol–water partition coefficient (Wildman–Crippen LogP) is 6.06. The second kappa shape index (κ2) is 18.3. The van der Waals surface area contributed by atoms with Crippen LogP contribution in [0.5, 0.6) is 0 Å². The van der Waals surface area contributed by atoms with Gasteiger partial charge >= 0.3 is 0 Å². The summed E-state index contributed by atoms with van der Waals surface area (Å²) in [6.45, 7) is 8.41. The summed E-state index contributed by atoms with van der Waals surface area (Å²) in [6, 6.07) is 0. The van der Waals surface area contributed by atoms with Crippen molar-refractivity contribution in [2.24, 2.45) is 11.8 Å². The third-order valence-electron chi connectivity index (χ3n) is 5.36. The smallest absolute Gasteiger partial charge is 0.267 e. The Balaban J connectivity index is 3.97. The predicted molar refractivity (Wildman–Crippen MR) is 129 cm³/mol. The van der Waals surface area contributed by atoms with E-state index < -0.39 is 20.2 Å². The van der Waals surface area contributed by atoms with E-state index in [0.29, 0.717) is 19.3 Å². The van der Waals surface area contributed by atoms with Gasteiger partial charge in [0.1, 0.15) is 0 Å². The molecule has 6 nitrogen and oxygen atoms in total. The van der Waals surface area contributed by atoms with E-state index >= 15 is 0 Å². The summed E-state index contributed by atoms with van der Waals surface area (Å²) in [6.07, 6.45) is 13.0. The molecule has 0 bridgehead atoms. The molecule has 0 radical (unpaired) electrons. The summed E-state index contributed by atoms with van der Waals surface area (Å²) in [4.78, 5) is 0. The first-order valence-electron chi connectivity index (χ1n) is 12.4. The maximum absolute atomic E-state index is 12.0. The summed E-state index contributed by atoms with van der Waals surface area (Å²) in [5.41, 5.74) is 0. The molecule has 0 spiro atoms. The Morgan fingerprint density at radius 3 is 1.23 bits per heavy atom. The molecule has 0 aromatic heterocycles. The third kappa shape index (κ3) is 20.2. The van der Waals surface area contributed by atoms with Crippen molar-refractivity contribution in [2.45, 2.75) is 111 Å². The molecule has 8 heteroatoms. The van der Waals surface area contributed by atoms with E-state index in [2.05, 4.69) is 13.8 Å². The van der Waals surface area contributed by atoms with Crippen LogP contribution in [-0.2, 0) is 28.6 Å². The molecule has 31 heavy (non-hydrogen) atoms. The van der Waals surface area contributed by atoms with E-state index in [1.165, 1.54) is 25.7 Å². The van der Waals surface area contributed by atoms with E-state index in [1.54, 1.807) is 0 Å². The molecule has 0 heterocycles. The zero-order chi connectivity index (χ0) is 23.6. The lowest BCUT2D eigenvalue weighted by Gasteiger charge is -2.17. The molecule has 0 aromatic rings. The lowest BCUT2D eigenvalue weighted by molar-refractivity contribution is 0.203. The van der Waals surface area contributed by atoms with Crippen LogP contribution in [0.4, 0.5) is 0 Å². The van der Waals surface area contributed by atoms with Gasteiger partial charge in [-0.2, -0.15) is 16.8 Å². The average molecular weight is 485 g/mol. The maximum atomic E-state index is 12.0. The van der Waals surface area contributed by atoms with Gasteiger partial charge in [0.25, 0.3) is 20.2 Å². The zero-order valence-corrected chi connectivity index (χ0v) is 22.1. The van der Waals surface area contributed by atoms with Crippen LogP contribution in [0.1, 0.15) is 111 Å². The number of unbranched alkanes of at least 4 members (excludes halogenated alkanes) is 10. The standard InChI is InChI=1S/C23H48O6S2/c1-5-7-9-11-13-15-17-30(24,25)28-20-22(3)19-23(4)21-29-31(26,27)18-16-14-12-10-8-6-2/h22-23H,5-21H2,1-4H3. The van der Waals surface area contributed by atoms with E-state index in [-0.39, 0.29) is 36.6 Å². The maximum Gasteiger partial charge on any atom is 0.267 e. The van der Waals surface area contributed by atoms with Crippen molar-refractivity contribution in [3.05, 3.63) is 0 Å². The summed E-state index contributed by atoms with van der Waals surface area (Å²) in [7, 11) is -6.97. The van der Waals surface area contributed by atoms with E-state index in [9.17, 15) is 16.8 Å². The molecule has 0 N–H and O–H groups in total. The van der Waals surface area contributed by atoms with Gasteiger partial charge in [-0.05, 0) is 31.1 Å². The number of hydrogen-bond acceptors (Lipinski definition) is 6. The molecule has 0 aromatic carbocycles. The third-order valence-corrected chi connectivity index (χ3v) is 7.93. The fourth-order valence-corrected chi connectivity index (χ4v) is 5.73. The highest BCUT2D eigenvalue weighted by atomic mass is 32.2. The number of rotatable bonds is 22. The Morgan fingerprint density at radius 1 is 0.548 bits per heavy atom. The Kier molecular flexibility index (Phi) is 18.2. The first-order chi connectivity index (χ1) is 14.6. The Morgan fingerprint density at radius 2 is 0.871 bits per heavy atom. The van der Waals surface area contributed by atoms with Crippen molar-refractivity contribution in [2.75, 3.05) is 24.7 Å². The molecule has 0 aliphatic carbocycles. The van der Waals surface area contributed by atoms with Gasteiger partial charge < -0.3 is 0 Å². The molecule has 2 unspecified atom stereocenters. The molecule has 0 fully saturated rings. The first kappa shape index (κ1) is 30.8. The second-order valence-electron chi connectivity index (χ2n) is 9.07. The molecule has 2 atom stereocenters. The highest BCUT2D eigenvalue weighted by molar-refractivity contribution is 7.86. The quantitative estimate of drug-likeness (QED) is 0.137. The SMILES string of the molecule is CCCCCCCCS(=O)(=O)OCC(C)CC(C)COS(=O)(=O)CCCCCCCC. The average Bonchev–Trinajstić information content (AvgIpc) is 2.70. The minimum atomic E-state index is -3.49. The summed E-state index contributed by atoms with van der Waals surface area (Å²) < 4.78 is 58.4. The fraction of sp³-hybridized carbons (Fsp3) is 1.00. The molecule has 188 valence electrons. The number of hydrogen-bond donors (Lipinski definition) is 0.